The van der Waals surface area contributed by atoms with Crippen molar-refractivity contribution in [1.82, 2.24) is 15.3 Å². The summed E-state index contributed by atoms with van der Waals surface area (Å²) < 4.78 is 0. The van der Waals surface area contributed by atoms with E-state index < -0.39 is 11.9 Å². The highest BCUT2D eigenvalue weighted by Crippen LogP contribution is 2.29. The first-order valence-electron chi connectivity index (χ1n) is 6.03. The summed E-state index contributed by atoms with van der Waals surface area (Å²) in [6, 6.07) is -0.844. The van der Waals surface area contributed by atoms with Crippen LogP contribution in [0.1, 0.15) is 17.8 Å². The Hall–Kier alpha value is -2.22. The number of carbonyl (C=O) groups excluding carboxylic acids is 2. The number of aryl methyl sites for hydroxylation is 2. The number of nitrogens with zero attached hydrogens (tertiary/aromatic N) is 2. The van der Waals surface area contributed by atoms with Crippen LogP contribution >= 0.6 is 11.3 Å². The third kappa shape index (κ3) is 3.21. The number of carbonyl (C=O) groups is 2. The summed E-state index contributed by atoms with van der Waals surface area (Å²) in [5, 5.41) is 8.10. The first-order valence-corrected chi connectivity index (χ1v) is 6.91. The molecule has 7 nitrogen and oxygen atoms in total. The molecule has 0 aromatic carbocycles. The molecule has 0 radical (unpaired) electrons. The van der Waals surface area contributed by atoms with Crippen molar-refractivity contribution in [2.75, 3.05) is 11.9 Å². The highest BCUT2D eigenvalue weighted by Gasteiger charge is 2.11. The SMILES string of the molecule is Cc1nc(NCCC(=O)NC(N)=O)c2c(C)csc2n1. The van der Waals surface area contributed by atoms with Gasteiger partial charge in [-0.15, -0.1) is 11.3 Å². The van der Waals surface area contributed by atoms with E-state index in [4.69, 9.17) is 5.73 Å². The van der Waals surface area contributed by atoms with Crippen LogP contribution in [-0.2, 0) is 4.79 Å². The lowest BCUT2D eigenvalue weighted by Crippen LogP contribution is -2.35. The largest absolute Gasteiger partial charge is 0.369 e. The molecular weight excluding hydrogens is 278 g/mol. The fraction of sp³-hybridized carbons (Fsp3) is 0.333. The van der Waals surface area contributed by atoms with Gasteiger partial charge in [-0.2, -0.15) is 0 Å². The molecule has 0 bridgehead atoms. The number of hydrogen-bond acceptors (Lipinski definition) is 6. The predicted molar refractivity (Wildman–Crippen MR) is 77.7 cm³/mol. The number of hydrogen-bond donors (Lipinski definition) is 3. The second-order valence-electron chi connectivity index (χ2n) is 4.31. The Morgan fingerprint density at radius 1 is 1.35 bits per heavy atom. The fourth-order valence-corrected chi connectivity index (χ4v) is 2.78. The zero-order chi connectivity index (χ0) is 14.7. The lowest BCUT2D eigenvalue weighted by Gasteiger charge is -2.08. The molecule has 106 valence electrons. The minimum atomic E-state index is -0.844. The van der Waals surface area contributed by atoms with E-state index in [9.17, 15) is 9.59 Å². The molecule has 3 amide bonds. The third-order valence-electron chi connectivity index (χ3n) is 2.64. The van der Waals surface area contributed by atoms with Gasteiger partial charge in [0.2, 0.25) is 5.91 Å². The molecule has 2 heterocycles. The highest BCUT2D eigenvalue weighted by atomic mass is 32.1. The molecular formula is C12H15N5O2S. The Kier molecular flexibility index (Phi) is 4.14. The summed E-state index contributed by atoms with van der Waals surface area (Å²) in [5.74, 6) is 0.954. The molecule has 0 aliphatic carbocycles. The van der Waals surface area contributed by atoms with Gasteiger partial charge < -0.3 is 11.1 Å². The number of nitrogens with two attached hydrogens (primary N) is 1. The number of amides is 3. The summed E-state index contributed by atoms with van der Waals surface area (Å²) in [6.45, 7) is 4.17. The van der Waals surface area contributed by atoms with Crippen molar-refractivity contribution in [3.05, 3.63) is 16.8 Å². The summed E-state index contributed by atoms with van der Waals surface area (Å²) in [7, 11) is 0. The Labute approximate surface area is 119 Å². The minimum absolute atomic E-state index is 0.136. The average Bonchev–Trinajstić information content (AvgIpc) is 2.69. The van der Waals surface area contributed by atoms with Crippen molar-refractivity contribution >= 4 is 39.3 Å². The fourth-order valence-electron chi connectivity index (χ4n) is 1.81. The van der Waals surface area contributed by atoms with Gasteiger partial charge in [-0.1, -0.05) is 0 Å². The number of urea groups is 1. The van der Waals surface area contributed by atoms with Crippen LogP contribution in [0.4, 0.5) is 10.6 Å². The van der Waals surface area contributed by atoms with Crippen LogP contribution in [-0.4, -0.2) is 28.5 Å². The zero-order valence-electron chi connectivity index (χ0n) is 11.2. The van der Waals surface area contributed by atoms with Gasteiger partial charge in [-0.05, 0) is 24.8 Å². The van der Waals surface area contributed by atoms with Gasteiger partial charge in [0.05, 0.1) is 5.39 Å². The van der Waals surface area contributed by atoms with Crippen molar-refractivity contribution in [2.24, 2.45) is 5.73 Å². The molecule has 8 heteroatoms. The first kappa shape index (κ1) is 14.2. The van der Waals surface area contributed by atoms with Crippen LogP contribution in [0.25, 0.3) is 10.2 Å². The topological polar surface area (TPSA) is 110 Å². The van der Waals surface area contributed by atoms with Crippen molar-refractivity contribution in [3.8, 4) is 0 Å². The van der Waals surface area contributed by atoms with Crippen LogP contribution in [0, 0.1) is 13.8 Å². The predicted octanol–water partition coefficient (Wildman–Crippen LogP) is 1.31. The van der Waals surface area contributed by atoms with Crippen LogP contribution in [0.3, 0.4) is 0 Å². The van der Waals surface area contributed by atoms with E-state index in [0.29, 0.717) is 18.2 Å². The first-order chi connectivity index (χ1) is 9.47. The quantitative estimate of drug-likeness (QED) is 0.787. The number of fused-ring (bicyclic) bond motifs is 1. The van der Waals surface area contributed by atoms with Crippen LogP contribution in [0.2, 0.25) is 0 Å². The molecule has 0 aliphatic heterocycles. The molecule has 4 N–H and O–H groups in total. The highest BCUT2D eigenvalue weighted by molar-refractivity contribution is 7.17. The summed E-state index contributed by atoms with van der Waals surface area (Å²) in [4.78, 5) is 31.5. The van der Waals surface area contributed by atoms with Crippen molar-refractivity contribution < 1.29 is 9.59 Å². The third-order valence-corrected chi connectivity index (χ3v) is 3.63. The Bertz CT molecular complexity index is 667. The second-order valence-corrected chi connectivity index (χ2v) is 5.17. The standard InChI is InChI=1S/C12H15N5O2S/c1-6-5-20-11-9(6)10(15-7(2)16-11)14-4-3-8(18)17-12(13)19/h5H,3-4H2,1-2H3,(H,14,15,16)(H3,13,17,18,19). The number of primary amides is 1. The lowest BCUT2D eigenvalue weighted by atomic mass is 10.2. The number of imide groups is 1. The van der Waals surface area contributed by atoms with Crippen molar-refractivity contribution in [1.29, 1.82) is 0 Å². The molecule has 0 fully saturated rings. The van der Waals surface area contributed by atoms with Crippen molar-refractivity contribution in [3.63, 3.8) is 0 Å². The van der Waals surface area contributed by atoms with E-state index in [-0.39, 0.29) is 6.42 Å². The molecule has 0 spiro atoms. The van der Waals surface area contributed by atoms with Gasteiger partial charge in [0, 0.05) is 13.0 Å². The van der Waals surface area contributed by atoms with Crippen LogP contribution < -0.4 is 16.4 Å². The van der Waals surface area contributed by atoms with E-state index in [1.807, 2.05) is 24.5 Å². The normalized spacial score (nSPS) is 10.5. The van der Waals surface area contributed by atoms with E-state index in [1.165, 1.54) is 0 Å². The van der Waals surface area contributed by atoms with Gasteiger partial charge >= 0.3 is 6.03 Å². The molecule has 2 rings (SSSR count). The molecule has 20 heavy (non-hydrogen) atoms. The van der Waals surface area contributed by atoms with E-state index in [1.54, 1.807) is 11.3 Å². The van der Waals surface area contributed by atoms with E-state index in [0.717, 1.165) is 15.8 Å². The number of rotatable bonds is 4. The number of aromatic nitrogens is 2. The maximum atomic E-state index is 11.3. The summed E-state index contributed by atoms with van der Waals surface area (Å²) in [5.41, 5.74) is 5.96. The number of nitrogens with one attached hydrogen (secondary N) is 2. The molecule has 0 unspecified atom stereocenters. The summed E-state index contributed by atoms with van der Waals surface area (Å²) >= 11 is 1.56. The maximum Gasteiger partial charge on any atom is 0.318 e. The summed E-state index contributed by atoms with van der Waals surface area (Å²) in [6.07, 6.45) is 0.136. The number of thiophene rings is 1. The number of anilines is 1. The van der Waals surface area contributed by atoms with Crippen molar-refractivity contribution in [2.45, 2.75) is 20.3 Å². The Morgan fingerprint density at radius 3 is 2.80 bits per heavy atom. The second kappa shape index (κ2) is 5.83. The zero-order valence-corrected chi connectivity index (χ0v) is 12.0. The molecule has 2 aromatic rings. The van der Waals surface area contributed by atoms with Gasteiger partial charge in [0.25, 0.3) is 0 Å². The molecule has 0 atom stereocenters. The Morgan fingerprint density at radius 2 is 2.10 bits per heavy atom. The van der Waals surface area contributed by atoms with Crippen LogP contribution in [0.5, 0.6) is 0 Å². The van der Waals surface area contributed by atoms with E-state index >= 15 is 0 Å². The van der Waals surface area contributed by atoms with Crippen LogP contribution in [0.15, 0.2) is 5.38 Å². The lowest BCUT2D eigenvalue weighted by molar-refractivity contribution is -0.119. The van der Waals surface area contributed by atoms with Gasteiger partial charge in [0.1, 0.15) is 16.5 Å². The van der Waals surface area contributed by atoms with E-state index in [2.05, 4.69) is 15.3 Å². The monoisotopic (exact) mass is 293 g/mol. The molecule has 0 aliphatic rings. The molecule has 0 saturated carbocycles. The van der Waals surface area contributed by atoms with Gasteiger partial charge in [-0.25, -0.2) is 14.8 Å². The van der Waals surface area contributed by atoms with Gasteiger partial charge in [-0.3, -0.25) is 10.1 Å². The maximum absolute atomic E-state index is 11.3. The average molecular weight is 293 g/mol. The Balaban J connectivity index is 2.08. The van der Waals surface area contributed by atoms with Gasteiger partial charge in [0.15, 0.2) is 0 Å². The molecule has 2 aromatic heterocycles. The molecule has 0 saturated heterocycles. The smallest absolute Gasteiger partial charge is 0.318 e. The minimum Gasteiger partial charge on any atom is -0.369 e.